The quantitative estimate of drug-likeness (QED) is 0.455. The van der Waals surface area contributed by atoms with Gasteiger partial charge in [-0.1, -0.05) is 11.8 Å². The molecular weight excluding hydrogens is 372 g/mol. The smallest absolute Gasteiger partial charge is 0.272 e. The van der Waals surface area contributed by atoms with E-state index in [1.807, 2.05) is 0 Å². The molecule has 1 amide bonds. The summed E-state index contributed by atoms with van der Waals surface area (Å²) in [5.41, 5.74) is 1.02. The van der Waals surface area contributed by atoms with Gasteiger partial charge in [0, 0.05) is 25.8 Å². The Bertz CT molecular complexity index is 964. The molecule has 2 rings (SSSR count). The number of hydrogen-bond donors (Lipinski definition) is 3. The molecule has 0 aliphatic heterocycles. The van der Waals surface area contributed by atoms with Crippen molar-refractivity contribution in [1.82, 2.24) is 14.9 Å². The van der Waals surface area contributed by atoms with Gasteiger partial charge < -0.3 is 29.8 Å². The lowest BCUT2D eigenvalue weighted by molar-refractivity contribution is 0.0951. The molecule has 1 heterocycles. The maximum atomic E-state index is 12.5. The molecule has 0 saturated heterocycles. The highest BCUT2D eigenvalue weighted by Crippen LogP contribution is 2.27. The number of ether oxygens (including phenoxy) is 2. The van der Waals surface area contributed by atoms with E-state index in [4.69, 9.17) is 21.0 Å². The number of nitrogens with one attached hydrogen (secondary N) is 2. The summed E-state index contributed by atoms with van der Waals surface area (Å²) in [5, 5.41) is 14.7. The fourth-order valence-corrected chi connectivity index (χ4v) is 2.54. The summed E-state index contributed by atoms with van der Waals surface area (Å²) in [6.45, 7) is 0.600. The number of carbonyl (C=O) groups is 1. The first-order chi connectivity index (χ1) is 14.0. The average molecular weight is 396 g/mol. The molecule has 0 fully saturated rings. The van der Waals surface area contributed by atoms with Crippen molar-refractivity contribution in [2.45, 2.75) is 6.42 Å². The molecule has 0 aliphatic carbocycles. The predicted octanol–water partition coefficient (Wildman–Crippen LogP) is 0.994. The number of aromatic nitrogens is 2. The van der Waals surface area contributed by atoms with E-state index >= 15 is 0 Å². The van der Waals surface area contributed by atoms with E-state index in [2.05, 4.69) is 33.4 Å². The fourth-order valence-electron chi connectivity index (χ4n) is 2.54. The summed E-state index contributed by atoms with van der Waals surface area (Å²) in [4.78, 5) is 16.9. The van der Waals surface area contributed by atoms with E-state index in [1.165, 1.54) is 0 Å². The molecule has 1 aromatic carbocycles. The minimum Gasteiger partial charge on any atom is -0.493 e. The SMILES string of the molecule is C#CCNC(=O)c1c(NCCCO)nc(C#Cc2ccc(OC)c(OC)c2)n1C. The van der Waals surface area contributed by atoms with Crippen molar-refractivity contribution in [3.05, 3.63) is 35.3 Å². The Labute approximate surface area is 170 Å². The molecule has 0 atom stereocenters. The van der Waals surface area contributed by atoms with Crippen LogP contribution in [-0.2, 0) is 7.05 Å². The zero-order chi connectivity index (χ0) is 21.2. The standard InChI is InChI=1S/C21H24N4O4/c1-5-11-23-21(27)19-20(22-12-6-13-26)24-18(25(19)2)10-8-15-7-9-16(28-3)17(14-15)29-4/h1,7,9,14,22,26H,6,11-13H2,2-4H3,(H,23,27). The summed E-state index contributed by atoms with van der Waals surface area (Å²) >= 11 is 0. The van der Waals surface area contributed by atoms with E-state index in [9.17, 15) is 4.79 Å². The van der Waals surface area contributed by atoms with Crippen LogP contribution >= 0.6 is 0 Å². The Morgan fingerprint density at radius 1 is 1.28 bits per heavy atom. The normalized spacial score (nSPS) is 9.76. The highest BCUT2D eigenvalue weighted by atomic mass is 16.5. The molecule has 0 aliphatic rings. The predicted molar refractivity (Wildman–Crippen MR) is 110 cm³/mol. The molecular formula is C21H24N4O4. The van der Waals surface area contributed by atoms with Crippen LogP contribution in [0.15, 0.2) is 18.2 Å². The number of methoxy groups -OCH3 is 2. The van der Waals surface area contributed by atoms with Gasteiger partial charge >= 0.3 is 0 Å². The molecule has 3 N–H and O–H groups in total. The van der Waals surface area contributed by atoms with Crippen LogP contribution in [0.3, 0.4) is 0 Å². The first kappa shape index (κ1) is 21.7. The molecule has 29 heavy (non-hydrogen) atoms. The molecule has 152 valence electrons. The number of terminal acetylenes is 1. The summed E-state index contributed by atoms with van der Waals surface area (Å²) in [6, 6.07) is 5.33. The van der Waals surface area contributed by atoms with Crippen LogP contribution < -0.4 is 20.1 Å². The van der Waals surface area contributed by atoms with E-state index < -0.39 is 0 Å². The number of anilines is 1. The first-order valence-corrected chi connectivity index (χ1v) is 8.92. The van der Waals surface area contributed by atoms with Gasteiger partial charge in [-0.25, -0.2) is 4.98 Å². The monoisotopic (exact) mass is 396 g/mol. The molecule has 0 unspecified atom stereocenters. The van der Waals surface area contributed by atoms with Gasteiger partial charge in [0.25, 0.3) is 5.91 Å². The number of aliphatic hydroxyl groups is 1. The third-order valence-corrected chi connectivity index (χ3v) is 3.99. The third kappa shape index (κ3) is 5.44. The van der Waals surface area contributed by atoms with Gasteiger partial charge in [-0.2, -0.15) is 0 Å². The largest absolute Gasteiger partial charge is 0.493 e. The molecule has 8 heteroatoms. The Morgan fingerprint density at radius 3 is 2.69 bits per heavy atom. The van der Waals surface area contributed by atoms with Crippen LogP contribution in [0.4, 0.5) is 5.82 Å². The summed E-state index contributed by atoms with van der Waals surface area (Å²) in [5.74, 6) is 9.96. The Kier molecular flexibility index (Phi) is 7.96. The summed E-state index contributed by atoms with van der Waals surface area (Å²) in [6.07, 6.45) is 5.74. The van der Waals surface area contributed by atoms with Gasteiger partial charge in [0.15, 0.2) is 28.8 Å². The van der Waals surface area contributed by atoms with E-state index in [0.717, 1.165) is 0 Å². The summed E-state index contributed by atoms with van der Waals surface area (Å²) < 4.78 is 12.1. The zero-order valence-electron chi connectivity index (χ0n) is 16.7. The van der Waals surface area contributed by atoms with Crippen molar-refractivity contribution >= 4 is 11.7 Å². The van der Waals surface area contributed by atoms with Crippen molar-refractivity contribution in [2.24, 2.45) is 7.05 Å². The highest BCUT2D eigenvalue weighted by Gasteiger charge is 2.20. The van der Waals surface area contributed by atoms with E-state index in [0.29, 0.717) is 47.4 Å². The van der Waals surface area contributed by atoms with E-state index in [-0.39, 0.29) is 19.1 Å². The summed E-state index contributed by atoms with van der Waals surface area (Å²) in [7, 11) is 4.82. The molecule has 2 aromatic rings. The fraction of sp³-hybridized carbons (Fsp3) is 0.333. The van der Waals surface area contributed by atoms with Gasteiger partial charge in [0.05, 0.1) is 20.8 Å². The lowest BCUT2D eigenvalue weighted by Gasteiger charge is -2.07. The number of benzene rings is 1. The second-order valence-electron chi connectivity index (χ2n) is 5.90. The first-order valence-electron chi connectivity index (χ1n) is 8.92. The molecule has 1 aromatic heterocycles. The third-order valence-electron chi connectivity index (χ3n) is 3.99. The second kappa shape index (κ2) is 10.6. The number of nitrogens with zero attached hydrogens (tertiary/aromatic N) is 2. The Balaban J connectivity index is 2.37. The number of amides is 1. The van der Waals surface area contributed by atoms with Crippen molar-refractivity contribution < 1.29 is 19.4 Å². The van der Waals surface area contributed by atoms with E-state index in [1.54, 1.807) is 44.0 Å². The van der Waals surface area contributed by atoms with Gasteiger partial charge in [-0.05, 0) is 30.5 Å². The molecule has 0 spiro atoms. The van der Waals surface area contributed by atoms with Crippen molar-refractivity contribution in [2.75, 3.05) is 39.2 Å². The minimum atomic E-state index is -0.358. The van der Waals surface area contributed by atoms with Crippen LogP contribution in [0.1, 0.15) is 28.3 Å². The lowest BCUT2D eigenvalue weighted by Crippen LogP contribution is -2.27. The number of aliphatic hydroxyl groups excluding tert-OH is 1. The number of rotatable bonds is 8. The second-order valence-corrected chi connectivity index (χ2v) is 5.90. The zero-order valence-corrected chi connectivity index (χ0v) is 16.7. The molecule has 0 saturated carbocycles. The van der Waals surface area contributed by atoms with Crippen molar-refractivity contribution in [3.63, 3.8) is 0 Å². The molecule has 0 radical (unpaired) electrons. The van der Waals surface area contributed by atoms with Crippen LogP contribution in [-0.4, -0.2) is 54.5 Å². The van der Waals surface area contributed by atoms with Crippen molar-refractivity contribution in [3.8, 4) is 35.7 Å². The van der Waals surface area contributed by atoms with Gasteiger partial charge in [-0.15, -0.1) is 6.42 Å². The van der Waals surface area contributed by atoms with Gasteiger partial charge in [0.2, 0.25) is 0 Å². The van der Waals surface area contributed by atoms with Crippen LogP contribution in [0.5, 0.6) is 11.5 Å². The van der Waals surface area contributed by atoms with Crippen LogP contribution in [0.2, 0.25) is 0 Å². The van der Waals surface area contributed by atoms with Gasteiger partial charge in [0.1, 0.15) is 0 Å². The Morgan fingerprint density at radius 2 is 2.03 bits per heavy atom. The van der Waals surface area contributed by atoms with Crippen molar-refractivity contribution in [1.29, 1.82) is 0 Å². The number of imidazole rings is 1. The topological polar surface area (TPSA) is 97.6 Å². The molecule has 8 nitrogen and oxygen atoms in total. The number of hydrogen-bond acceptors (Lipinski definition) is 6. The highest BCUT2D eigenvalue weighted by molar-refractivity contribution is 5.97. The minimum absolute atomic E-state index is 0.0322. The van der Waals surface area contributed by atoms with Crippen LogP contribution in [0.25, 0.3) is 0 Å². The maximum Gasteiger partial charge on any atom is 0.272 e. The average Bonchev–Trinajstić information content (AvgIpc) is 3.05. The molecule has 0 bridgehead atoms. The van der Waals surface area contributed by atoms with Gasteiger partial charge in [-0.3, -0.25) is 4.79 Å². The Hall–Kier alpha value is -3.62. The van der Waals surface area contributed by atoms with Crippen LogP contribution in [0, 0.1) is 24.2 Å². The lowest BCUT2D eigenvalue weighted by atomic mass is 10.2. The maximum absolute atomic E-state index is 12.5. The number of carbonyl (C=O) groups excluding carboxylic acids is 1.